The summed E-state index contributed by atoms with van der Waals surface area (Å²) in [5.41, 5.74) is 5.63. The van der Waals surface area contributed by atoms with Gasteiger partial charge in [-0.3, -0.25) is 0 Å². The molecular formula is C12H17Cl3N2O2S. The summed E-state index contributed by atoms with van der Waals surface area (Å²) >= 11 is 11.8. The van der Waals surface area contributed by atoms with E-state index in [2.05, 4.69) is 0 Å². The van der Waals surface area contributed by atoms with E-state index >= 15 is 0 Å². The van der Waals surface area contributed by atoms with Crippen LogP contribution >= 0.6 is 35.6 Å². The monoisotopic (exact) mass is 358 g/mol. The van der Waals surface area contributed by atoms with Crippen molar-refractivity contribution in [3.63, 3.8) is 0 Å². The summed E-state index contributed by atoms with van der Waals surface area (Å²) in [4.78, 5) is 0.0613. The molecule has 0 bridgehead atoms. The number of halogens is 3. The number of benzene rings is 1. The lowest BCUT2D eigenvalue weighted by Gasteiger charge is -2.21. The van der Waals surface area contributed by atoms with Crippen LogP contribution in [0.5, 0.6) is 0 Å². The molecule has 1 aliphatic rings. The Balaban J connectivity index is 0.00000200. The first-order valence-corrected chi connectivity index (χ1v) is 8.23. The van der Waals surface area contributed by atoms with E-state index in [-0.39, 0.29) is 34.3 Å². The second-order valence-corrected chi connectivity index (χ2v) is 7.54. The van der Waals surface area contributed by atoms with Gasteiger partial charge in [-0.2, -0.15) is 4.31 Å². The number of rotatable bonds is 3. The Bertz CT molecular complexity index is 580. The predicted molar refractivity (Wildman–Crippen MR) is 84.2 cm³/mol. The lowest BCUT2D eigenvalue weighted by molar-refractivity contribution is 0.404. The predicted octanol–water partition coefficient (Wildman–Crippen LogP) is 2.77. The maximum Gasteiger partial charge on any atom is 0.244 e. The molecule has 0 radical (unpaired) electrons. The van der Waals surface area contributed by atoms with Gasteiger partial charge in [0.15, 0.2) is 0 Å². The third-order valence-corrected chi connectivity index (χ3v) is 6.11. The molecule has 2 N–H and O–H groups in total. The standard InChI is InChI=1S/C12H16Cl2N2O2S.ClH/c1-8-4-9(6-15)7-16(8)19(17,18)12-5-10(13)2-3-11(12)14;/h2-3,5,8-9H,4,6-7,15H2,1H3;1H. The van der Waals surface area contributed by atoms with Gasteiger partial charge < -0.3 is 5.73 Å². The van der Waals surface area contributed by atoms with Gasteiger partial charge in [-0.1, -0.05) is 23.2 Å². The zero-order valence-electron chi connectivity index (χ0n) is 10.9. The normalized spacial score (nSPS) is 23.6. The fourth-order valence-corrected chi connectivity index (χ4v) is 4.87. The molecule has 8 heteroatoms. The van der Waals surface area contributed by atoms with E-state index < -0.39 is 10.0 Å². The minimum absolute atomic E-state index is 0. The number of sulfonamides is 1. The Morgan fingerprint density at radius 3 is 2.60 bits per heavy atom. The summed E-state index contributed by atoms with van der Waals surface area (Å²) in [5.74, 6) is 0.197. The first-order chi connectivity index (χ1) is 8.86. The molecule has 1 heterocycles. The van der Waals surface area contributed by atoms with Crippen LogP contribution in [0.1, 0.15) is 13.3 Å². The third-order valence-electron chi connectivity index (χ3n) is 3.42. The molecule has 0 aromatic heterocycles. The number of nitrogens with zero attached hydrogens (tertiary/aromatic N) is 1. The van der Waals surface area contributed by atoms with Crippen molar-refractivity contribution in [2.45, 2.75) is 24.3 Å². The summed E-state index contributed by atoms with van der Waals surface area (Å²) < 4.78 is 26.7. The van der Waals surface area contributed by atoms with Crippen LogP contribution < -0.4 is 5.73 Å². The Morgan fingerprint density at radius 2 is 2.05 bits per heavy atom. The second-order valence-electron chi connectivity index (χ2n) is 4.84. The smallest absolute Gasteiger partial charge is 0.244 e. The number of hydrogen-bond donors (Lipinski definition) is 1. The first-order valence-electron chi connectivity index (χ1n) is 6.03. The van der Waals surface area contributed by atoms with Crippen molar-refractivity contribution in [1.29, 1.82) is 0 Å². The summed E-state index contributed by atoms with van der Waals surface area (Å²) in [6.07, 6.45) is 0.772. The van der Waals surface area contributed by atoms with Gasteiger partial charge >= 0.3 is 0 Å². The molecule has 0 aliphatic carbocycles. The minimum Gasteiger partial charge on any atom is -0.330 e. The Morgan fingerprint density at radius 1 is 1.40 bits per heavy atom. The molecule has 1 saturated heterocycles. The zero-order chi connectivity index (χ0) is 14.2. The molecule has 4 nitrogen and oxygen atoms in total. The Kier molecular flexibility index (Phi) is 6.14. The van der Waals surface area contributed by atoms with Crippen LogP contribution in [0, 0.1) is 5.92 Å². The van der Waals surface area contributed by atoms with Gasteiger partial charge in [-0.25, -0.2) is 8.42 Å². The summed E-state index contributed by atoms with van der Waals surface area (Å²) in [5, 5.41) is 0.540. The summed E-state index contributed by atoms with van der Waals surface area (Å²) in [7, 11) is -3.62. The SMILES string of the molecule is CC1CC(CN)CN1S(=O)(=O)c1cc(Cl)ccc1Cl.Cl. The Labute approximate surface area is 135 Å². The molecule has 0 spiro atoms. The van der Waals surface area contributed by atoms with Crippen LogP contribution in [0.4, 0.5) is 0 Å². The average molecular weight is 360 g/mol. The molecule has 0 saturated carbocycles. The van der Waals surface area contributed by atoms with Gasteiger partial charge in [-0.05, 0) is 44.0 Å². The van der Waals surface area contributed by atoms with Crippen molar-refractivity contribution in [3.05, 3.63) is 28.2 Å². The molecule has 1 aromatic carbocycles. The molecule has 20 heavy (non-hydrogen) atoms. The van der Waals surface area contributed by atoms with Crippen molar-refractivity contribution in [2.24, 2.45) is 11.7 Å². The van der Waals surface area contributed by atoms with E-state index in [4.69, 9.17) is 28.9 Å². The van der Waals surface area contributed by atoms with Crippen LogP contribution in [-0.2, 0) is 10.0 Å². The topological polar surface area (TPSA) is 63.4 Å². The number of nitrogens with two attached hydrogens (primary N) is 1. The largest absolute Gasteiger partial charge is 0.330 e. The highest BCUT2D eigenvalue weighted by Crippen LogP contribution is 2.33. The van der Waals surface area contributed by atoms with Gasteiger partial charge in [0.1, 0.15) is 4.90 Å². The van der Waals surface area contributed by atoms with Crippen LogP contribution in [0.25, 0.3) is 0 Å². The summed E-state index contributed by atoms with van der Waals surface area (Å²) in [6, 6.07) is 4.38. The molecular weight excluding hydrogens is 343 g/mol. The van der Waals surface area contributed by atoms with E-state index in [1.165, 1.54) is 16.4 Å². The molecule has 1 aromatic rings. The maximum absolute atomic E-state index is 12.6. The van der Waals surface area contributed by atoms with Gasteiger partial charge in [0.25, 0.3) is 0 Å². The lowest BCUT2D eigenvalue weighted by atomic mass is 10.1. The molecule has 0 amide bonds. The fourth-order valence-electron chi connectivity index (χ4n) is 2.42. The van der Waals surface area contributed by atoms with Gasteiger partial charge in [-0.15, -0.1) is 12.4 Å². The average Bonchev–Trinajstić information content (AvgIpc) is 2.74. The number of hydrogen-bond acceptors (Lipinski definition) is 3. The van der Waals surface area contributed by atoms with Gasteiger partial charge in [0.05, 0.1) is 5.02 Å². The molecule has 2 unspecified atom stereocenters. The van der Waals surface area contributed by atoms with Crippen molar-refractivity contribution in [3.8, 4) is 0 Å². The van der Waals surface area contributed by atoms with Crippen molar-refractivity contribution < 1.29 is 8.42 Å². The van der Waals surface area contributed by atoms with E-state index in [0.29, 0.717) is 18.1 Å². The van der Waals surface area contributed by atoms with E-state index in [0.717, 1.165) is 6.42 Å². The highest BCUT2D eigenvalue weighted by atomic mass is 35.5. The summed E-state index contributed by atoms with van der Waals surface area (Å²) in [6.45, 7) is 2.80. The van der Waals surface area contributed by atoms with Crippen LogP contribution in [-0.4, -0.2) is 31.9 Å². The quantitative estimate of drug-likeness (QED) is 0.902. The zero-order valence-corrected chi connectivity index (χ0v) is 14.1. The molecule has 2 atom stereocenters. The molecule has 2 rings (SSSR count). The van der Waals surface area contributed by atoms with E-state index in [9.17, 15) is 8.42 Å². The van der Waals surface area contributed by atoms with Crippen molar-refractivity contribution in [1.82, 2.24) is 4.31 Å². The fraction of sp³-hybridized carbons (Fsp3) is 0.500. The van der Waals surface area contributed by atoms with Gasteiger partial charge in [0.2, 0.25) is 10.0 Å². The van der Waals surface area contributed by atoms with Crippen LogP contribution in [0.3, 0.4) is 0 Å². The second kappa shape index (κ2) is 6.81. The van der Waals surface area contributed by atoms with Gasteiger partial charge in [0, 0.05) is 17.6 Å². The Hall–Kier alpha value is -0.0400. The highest BCUT2D eigenvalue weighted by molar-refractivity contribution is 7.89. The van der Waals surface area contributed by atoms with Crippen LogP contribution in [0.2, 0.25) is 10.0 Å². The van der Waals surface area contributed by atoms with Crippen molar-refractivity contribution >= 4 is 45.6 Å². The van der Waals surface area contributed by atoms with Crippen molar-refractivity contribution in [2.75, 3.05) is 13.1 Å². The third kappa shape index (κ3) is 3.40. The van der Waals surface area contributed by atoms with Crippen LogP contribution in [0.15, 0.2) is 23.1 Å². The van der Waals surface area contributed by atoms with E-state index in [1.54, 1.807) is 6.07 Å². The molecule has 1 fully saturated rings. The highest BCUT2D eigenvalue weighted by Gasteiger charge is 2.38. The molecule has 114 valence electrons. The lowest BCUT2D eigenvalue weighted by Crippen LogP contribution is -2.34. The first kappa shape index (κ1) is 18.0. The van der Waals surface area contributed by atoms with E-state index in [1.807, 2.05) is 6.92 Å². The minimum atomic E-state index is -3.62. The maximum atomic E-state index is 12.6. The molecule has 1 aliphatic heterocycles.